The Morgan fingerprint density at radius 2 is 1.32 bits per heavy atom. The van der Waals surface area contributed by atoms with E-state index in [2.05, 4.69) is 74.8 Å². The quantitative estimate of drug-likeness (QED) is 0.0199. The molecule has 1 aromatic heterocycles. The van der Waals surface area contributed by atoms with Gasteiger partial charge in [-0.3, -0.25) is 14.5 Å². The number of alkyl halides is 1. The Hall–Kier alpha value is -5.77. The molecule has 318 valence electrons. The number of hydrogen-bond acceptors (Lipinski definition) is 10. The van der Waals surface area contributed by atoms with Crippen LogP contribution in [0.2, 0.25) is 0 Å². The summed E-state index contributed by atoms with van der Waals surface area (Å²) in [6.07, 6.45) is 2.91. The molecular weight excluding hydrogens is 942 g/mol. The van der Waals surface area contributed by atoms with Crippen molar-refractivity contribution >= 4 is 74.3 Å². The zero-order chi connectivity index (χ0) is 43.2. The zero-order valence-electron chi connectivity index (χ0n) is 34.1. The number of β-lactam (4-membered cyclic amide) rings is 1. The van der Waals surface area contributed by atoms with Gasteiger partial charge in [0.15, 0.2) is 16.9 Å². The number of halogens is 1. The van der Waals surface area contributed by atoms with Crippen LogP contribution in [0.3, 0.4) is 0 Å². The minimum absolute atomic E-state index is 0.0281. The van der Waals surface area contributed by atoms with E-state index >= 15 is 0 Å². The van der Waals surface area contributed by atoms with Crippen molar-refractivity contribution in [2.45, 2.75) is 54.8 Å². The van der Waals surface area contributed by atoms with Crippen molar-refractivity contribution in [3.63, 3.8) is 0 Å². The van der Waals surface area contributed by atoms with E-state index in [9.17, 15) is 14.4 Å². The SMILES string of the molecule is O=C(OC(c1ccccc1)c1ccccc1)C1=C(CI)CS[C@@H]2C(NC(=O)/C(=N\OC3CCCC3)c3csc(NC(c4ccccc4)(c4ccccc4)c4ccccc4)n3)C(=O)N12. The molecule has 0 spiro atoms. The number of thiazole rings is 1. The Balaban J connectivity index is 0.989. The molecule has 3 aliphatic rings. The first-order valence-electron chi connectivity index (χ1n) is 20.9. The number of benzene rings is 5. The fourth-order valence-corrected chi connectivity index (χ4v) is 11.5. The molecule has 0 bridgehead atoms. The molecule has 2 fully saturated rings. The highest BCUT2D eigenvalue weighted by molar-refractivity contribution is 14.1. The first-order chi connectivity index (χ1) is 30.9. The van der Waals surface area contributed by atoms with Crippen molar-refractivity contribution in [2.75, 3.05) is 15.5 Å². The highest BCUT2D eigenvalue weighted by Gasteiger charge is 2.55. The van der Waals surface area contributed by atoms with Gasteiger partial charge in [-0.25, -0.2) is 9.78 Å². The molecule has 5 aromatic carbocycles. The smallest absolute Gasteiger partial charge is 0.356 e. The van der Waals surface area contributed by atoms with Crippen LogP contribution in [0.5, 0.6) is 0 Å². The number of anilines is 1. The van der Waals surface area contributed by atoms with Gasteiger partial charge in [-0.05, 0) is 59.1 Å². The standard InChI is InChI=1S/C50H44IN5O5S2/c51-30-35-31-62-47-42(46(58)56(47)43(35)48(59)60-44(33-18-6-1-7-19-33)34-20-8-2-9-21-34)53-45(57)41(55-61-39-28-16-17-29-39)40-32-63-49(52-40)54-50(36-22-10-3-11-23-36,37-24-12-4-13-25-37)38-26-14-5-15-27-38/h1-15,18-27,32,39,42,44,47H,16-17,28-31H2,(H,52,54)(H,53,57)/b55-41-/t42?,47-/m1/s1. The maximum absolute atomic E-state index is 14.5. The van der Waals surface area contributed by atoms with Gasteiger partial charge in [-0.2, -0.15) is 0 Å². The third kappa shape index (κ3) is 8.78. The van der Waals surface area contributed by atoms with Crippen LogP contribution in [0.25, 0.3) is 0 Å². The Morgan fingerprint density at radius 1 is 0.794 bits per heavy atom. The van der Waals surface area contributed by atoms with Crippen LogP contribution >= 0.6 is 45.7 Å². The number of rotatable bonds is 15. The molecule has 13 heteroatoms. The number of ether oxygens (including phenoxy) is 1. The lowest BCUT2D eigenvalue weighted by Crippen LogP contribution is -2.71. The minimum atomic E-state index is -0.921. The molecule has 63 heavy (non-hydrogen) atoms. The molecular formula is C50H44IN5O5S2. The fourth-order valence-electron chi connectivity index (χ4n) is 8.44. The van der Waals surface area contributed by atoms with Gasteiger partial charge < -0.3 is 20.2 Å². The fraction of sp³-hybridized carbons (Fsp3) is 0.220. The molecule has 1 unspecified atom stereocenters. The molecule has 1 saturated heterocycles. The number of oxime groups is 1. The summed E-state index contributed by atoms with van der Waals surface area (Å²) in [5.74, 6) is -1.09. The first-order valence-corrected chi connectivity index (χ1v) is 24.4. The van der Waals surface area contributed by atoms with Crippen LogP contribution in [-0.2, 0) is 29.5 Å². The molecule has 10 nitrogen and oxygen atoms in total. The summed E-state index contributed by atoms with van der Waals surface area (Å²) in [6.45, 7) is 0. The second-order valence-corrected chi connectivity index (χ2v) is 18.2. The summed E-state index contributed by atoms with van der Waals surface area (Å²) in [5.41, 5.74) is 5.11. The summed E-state index contributed by atoms with van der Waals surface area (Å²) in [6, 6.07) is 48.8. The predicted octanol–water partition coefficient (Wildman–Crippen LogP) is 9.63. The van der Waals surface area contributed by atoms with Gasteiger partial charge in [0.05, 0.1) is 0 Å². The van der Waals surface area contributed by atoms with Gasteiger partial charge in [0.1, 0.15) is 34.4 Å². The van der Waals surface area contributed by atoms with Gasteiger partial charge >= 0.3 is 5.97 Å². The van der Waals surface area contributed by atoms with Crippen LogP contribution in [0.1, 0.15) is 65.3 Å². The molecule has 3 heterocycles. The number of carbonyl (C=O) groups excluding carboxylic acids is 3. The van der Waals surface area contributed by atoms with Crippen LogP contribution in [-0.4, -0.2) is 61.1 Å². The molecule has 1 aliphatic carbocycles. The number of fused-ring (bicyclic) bond motifs is 1. The van der Waals surface area contributed by atoms with Crippen molar-refractivity contribution in [3.05, 3.63) is 202 Å². The van der Waals surface area contributed by atoms with E-state index in [0.29, 0.717) is 21.0 Å². The number of carbonyl (C=O) groups is 3. The molecule has 9 rings (SSSR count). The number of nitrogens with zero attached hydrogens (tertiary/aromatic N) is 3. The number of amides is 2. The van der Waals surface area contributed by atoms with Crippen molar-refractivity contribution in [2.24, 2.45) is 5.16 Å². The van der Waals surface area contributed by atoms with E-state index in [4.69, 9.17) is 14.6 Å². The maximum Gasteiger partial charge on any atom is 0.356 e. The molecule has 2 amide bonds. The molecule has 1 saturated carbocycles. The topological polar surface area (TPSA) is 122 Å². The summed E-state index contributed by atoms with van der Waals surface area (Å²) in [7, 11) is 0. The average Bonchev–Trinajstić information content (AvgIpc) is 4.05. The molecule has 2 aliphatic heterocycles. The molecule has 6 aromatic rings. The lowest BCUT2D eigenvalue weighted by Gasteiger charge is -2.49. The summed E-state index contributed by atoms with van der Waals surface area (Å²) in [4.78, 5) is 55.4. The Kier molecular flexibility index (Phi) is 13.0. The lowest BCUT2D eigenvalue weighted by atomic mass is 9.77. The van der Waals surface area contributed by atoms with Crippen molar-refractivity contribution in [1.29, 1.82) is 0 Å². The van der Waals surface area contributed by atoms with E-state index in [-0.39, 0.29) is 17.5 Å². The van der Waals surface area contributed by atoms with Crippen molar-refractivity contribution in [3.8, 4) is 0 Å². The van der Waals surface area contributed by atoms with E-state index in [1.807, 2.05) is 115 Å². The summed E-state index contributed by atoms with van der Waals surface area (Å²) in [5, 5.41) is 13.0. The molecule has 0 radical (unpaired) electrons. The van der Waals surface area contributed by atoms with E-state index in [1.54, 1.807) is 5.38 Å². The van der Waals surface area contributed by atoms with E-state index < -0.39 is 40.8 Å². The van der Waals surface area contributed by atoms with Gasteiger partial charge in [-0.15, -0.1) is 23.1 Å². The largest absolute Gasteiger partial charge is 0.448 e. The second-order valence-electron chi connectivity index (χ2n) is 15.5. The van der Waals surface area contributed by atoms with Crippen LogP contribution < -0.4 is 10.6 Å². The summed E-state index contributed by atoms with van der Waals surface area (Å²) >= 11 is 5.07. The molecule has 2 N–H and O–H groups in total. The predicted molar refractivity (Wildman–Crippen MR) is 257 cm³/mol. The van der Waals surface area contributed by atoms with E-state index in [1.165, 1.54) is 28.0 Å². The zero-order valence-corrected chi connectivity index (χ0v) is 37.9. The van der Waals surface area contributed by atoms with Gasteiger partial charge in [0, 0.05) is 15.6 Å². The Morgan fingerprint density at radius 3 is 1.84 bits per heavy atom. The lowest BCUT2D eigenvalue weighted by molar-refractivity contribution is -0.154. The minimum Gasteiger partial charge on any atom is -0.448 e. The van der Waals surface area contributed by atoms with E-state index in [0.717, 1.165) is 59.1 Å². The monoisotopic (exact) mass is 985 g/mol. The third-order valence-corrected chi connectivity index (χ3v) is 14.6. The summed E-state index contributed by atoms with van der Waals surface area (Å²) < 4.78 is 6.80. The molecule has 2 atom stereocenters. The van der Waals surface area contributed by atoms with Crippen LogP contribution in [0, 0.1) is 0 Å². The number of hydrogen-bond donors (Lipinski definition) is 2. The third-order valence-electron chi connectivity index (χ3n) is 11.6. The van der Waals surface area contributed by atoms with Gasteiger partial charge in [0.25, 0.3) is 11.8 Å². The van der Waals surface area contributed by atoms with Crippen LogP contribution in [0.15, 0.2) is 173 Å². The number of nitrogens with one attached hydrogen (secondary N) is 2. The first kappa shape index (κ1) is 42.5. The average molecular weight is 986 g/mol. The normalized spacial score (nSPS) is 17.8. The van der Waals surface area contributed by atoms with Crippen LogP contribution in [0.4, 0.5) is 5.13 Å². The van der Waals surface area contributed by atoms with Gasteiger partial charge in [0.2, 0.25) is 0 Å². The van der Waals surface area contributed by atoms with Crippen molar-refractivity contribution in [1.82, 2.24) is 15.2 Å². The number of esters is 1. The second kappa shape index (κ2) is 19.3. The Labute approximate surface area is 388 Å². The van der Waals surface area contributed by atoms with Crippen molar-refractivity contribution < 1.29 is 24.0 Å². The maximum atomic E-state index is 14.5. The number of aromatic nitrogens is 1. The van der Waals surface area contributed by atoms with Gasteiger partial charge in [-0.1, -0.05) is 179 Å². The Bertz CT molecular complexity index is 2470. The number of thioether (sulfide) groups is 1. The highest BCUT2D eigenvalue weighted by Crippen LogP contribution is 2.43. The highest BCUT2D eigenvalue weighted by atomic mass is 127.